The van der Waals surface area contributed by atoms with Crippen molar-refractivity contribution in [2.24, 2.45) is 10.1 Å². The minimum absolute atomic E-state index is 0.321. The molecule has 7 nitrogen and oxygen atoms in total. The predicted octanol–water partition coefficient (Wildman–Crippen LogP) is 7.67. The van der Waals surface area contributed by atoms with E-state index in [0.29, 0.717) is 56.2 Å². The summed E-state index contributed by atoms with van der Waals surface area (Å²) in [6, 6.07) is 19.2. The van der Waals surface area contributed by atoms with Crippen molar-refractivity contribution in [3.8, 4) is 28.4 Å². The van der Waals surface area contributed by atoms with Gasteiger partial charge in [-0.1, -0.05) is 34.4 Å². The van der Waals surface area contributed by atoms with E-state index in [1.807, 2.05) is 11.4 Å². The van der Waals surface area contributed by atoms with Crippen LogP contribution >= 0.6 is 34.5 Å². The standard InChI is InChI=1S/C30H20Cl2F2N6OS/c31-22-4-1-20(26(32)13-22)11-12-35-30-40(37-16-19-15-36-39(17-19)25-9-7-24(34)8-10-25)28(18-42-30)29-14-27(38-41-29)21-2-5-23(33)6-3-21/h1-10,13-18H,11-12H2/b35-30?,37-16+. The molecule has 0 bridgehead atoms. The van der Waals surface area contributed by atoms with E-state index in [4.69, 9.17) is 37.8 Å². The molecule has 3 aromatic heterocycles. The third-order valence-electron chi connectivity index (χ3n) is 6.25. The Hall–Kier alpha value is -4.38. The number of thiazole rings is 1. The van der Waals surface area contributed by atoms with Crippen LogP contribution in [-0.4, -0.2) is 32.4 Å². The van der Waals surface area contributed by atoms with Crippen molar-refractivity contribution in [3.05, 3.63) is 128 Å². The molecule has 0 saturated carbocycles. The summed E-state index contributed by atoms with van der Waals surface area (Å²) in [6.07, 6.45) is 5.69. The molecule has 3 heterocycles. The molecule has 12 heteroatoms. The van der Waals surface area contributed by atoms with Gasteiger partial charge in [-0.3, -0.25) is 4.99 Å². The quantitative estimate of drug-likeness (QED) is 0.164. The van der Waals surface area contributed by atoms with E-state index in [0.717, 1.165) is 11.1 Å². The summed E-state index contributed by atoms with van der Waals surface area (Å²) >= 11 is 13.8. The summed E-state index contributed by atoms with van der Waals surface area (Å²) in [6.45, 7) is 0.455. The van der Waals surface area contributed by atoms with Crippen LogP contribution in [0.15, 0.2) is 105 Å². The van der Waals surface area contributed by atoms with Gasteiger partial charge in [0.05, 0.1) is 18.1 Å². The first kappa shape index (κ1) is 27.8. The van der Waals surface area contributed by atoms with Crippen LogP contribution in [0.3, 0.4) is 0 Å². The van der Waals surface area contributed by atoms with Gasteiger partial charge in [0.2, 0.25) is 4.80 Å². The Morgan fingerprint density at radius 2 is 1.71 bits per heavy atom. The molecule has 6 rings (SSSR count). The molecule has 0 fully saturated rings. The van der Waals surface area contributed by atoms with Crippen molar-refractivity contribution in [2.75, 3.05) is 6.54 Å². The molecule has 0 atom stereocenters. The Balaban J connectivity index is 1.32. The summed E-state index contributed by atoms with van der Waals surface area (Å²) < 4.78 is 35.7. The van der Waals surface area contributed by atoms with Crippen LogP contribution in [0.1, 0.15) is 11.1 Å². The first-order valence-corrected chi connectivity index (χ1v) is 14.3. The molecule has 0 unspecified atom stereocenters. The molecule has 0 aliphatic carbocycles. The molecular weight excluding hydrogens is 601 g/mol. The summed E-state index contributed by atoms with van der Waals surface area (Å²) in [5.74, 6) is -0.188. The first-order valence-electron chi connectivity index (χ1n) is 12.7. The highest BCUT2D eigenvalue weighted by molar-refractivity contribution is 7.07. The highest BCUT2D eigenvalue weighted by atomic mass is 35.5. The minimum atomic E-state index is -0.332. The smallest absolute Gasteiger partial charge is 0.206 e. The molecule has 0 aliphatic heterocycles. The highest BCUT2D eigenvalue weighted by Gasteiger charge is 2.15. The zero-order valence-electron chi connectivity index (χ0n) is 21.7. The molecular formula is C30H20Cl2F2N6OS. The number of hydrogen-bond donors (Lipinski definition) is 0. The minimum Gasteiger partial charge on any atom is -0.354 e. The average Bonchev–Trinajstić information content (AvgIpc) is 3.74. The van der Waals surface area contributed by atoms with Crippen LogP contribution in [0, 0.1) is 11.6 Å². The SMILES string of the molecule is Fc1ccc(-c2cc(-c3csc(=NCCc4ccc(Cl)cc4Cl)n3/N=C/c3cnn(-c4ccc(F)cc4)c3)on2)cc1. The zero-order valence-corrected chi connectivity index (χ0v) is 24.0. The maximum atomic E-state index is 13.4. The topological polar surface area (TPSA) is 73.5 Å². The van der Waals surface area contributed by atoms with Crippen LogP contribution < -0.4 is 4.80 Å². The van der Waals surface area contributed by atoms with Crippen molar-refractivity contribution in [1.82, 2.24) is 19.6 Å². The van der Waals surface area contributed by atoms with Gasteiger partial charge in [0.15, 0.2) is 5.76 Å². The normalized spacial score (nSPS) is 12.0. The molecule has 0 amide bonds. The Kier molecular flexibility index (Phi) is 8.09. The van der Waals surface area contributed by atoms with Crippen LogP contribution in [0.4, 0.5) is 8.78 Å². The van der Waals surface area contributed by atoms with Gasteiger partial charge in [-0.2, -0.15) is 10.2 Å². The van der Waals surface area contributed by atoms with Gasteiger partial charge in [0, 0.05) is 45.4 Å². The lowest BCUT2D eigenvalue weighted by atomic mass is 10.1. The Morgan fingerprint density at radius 1 is 0.952 bits per heavy atom. The van der Waals surface area contributed by atoms with Crippen molar-refractivity contribution in [3.63, 3.8) is 0 Å². The van der Waals surface area contributed by atoms with E-state index in [1.54, 1.807) is 70.4 Å². The molecule has 0 N–H and O–H groups in total. The van der Waals surface area contributed by atoms with Gasteiger partial charge in [-0.15, -0.1) is 11.3 Å². The Morgan fingerprint density at radius 3 is 2.48 bits per heavy atom. The highest BCUT2D eigenvalue weighted by Crippen LogP contribution is 2.27. The van der Waals surface area contributed by atoms with Gasteiger partial charge in [0.1, 0.15) is 23.0 Å². The molecule has 6 aromatic rings. The van der Waals surface area contributed by atoms with Gasteiger partial charge in [-0.05, 0) is 72.6 Å². The van der Waals surface area contributed by atoms with Gasteiger partial charge >= 0.3 is 0 Å². The van der Waals surface area contributed by atoms with E-state index < -0.39 is 0 Å². The molecule has 0 saturated heterocycles. The van der Waals surface area contributed by atoms with E-state index >= 15 is 0 Å². The monoisotopic (exact) mass is 620 g/mol. The first-order chi connectivity index (χ1) is 20.4. The van der Waals surface area contributed by atoms with Crippen LogP contribution in [-0.2, 0) is 6.42 Å². The summed E-state index contributed by atoms with van der Waals surface area (Å²) in [7, 11) is 0. The third-order valence-corrected chi connectivity index (χ3v) is 7.69. The fraction of sp³-hybridized carbons (Fsp3) is 0.0667. The van der Waals surface area contributed by atoms with Gasteiger partial charge in [-0.25, -0.2) is 18.1 Å². The van der Waals surface area contributed by atoms with Crippen LogP contribution in [0.2, 0.25) is 10.0 Å². The van der Waals surface area contributed by atoms with Gasteiger partial charge in [0.25, 0.3) is 0 Å². The van der Waals surface area contributed by atoms with E-state index in [2.05, 4.69) is 10.3 Å². The number of hydrogen-bond acceptors (Lipinski definition) is 6. The number of rotatable bonds is 8. The number of benzene rings is 3. The van der Waals surface area contributed by atoms with Crippen molar-refractivity contribution in [1.29, 1.82) is 0 Å². The fourth-order valence-electron chi connectivity index (χ4n) is 4.10. The Labute approximate surface area is 252 Å². The average molecular weight is 622 g/mol. The third kappa shape index (κ3) is 6.25. The van der Waals surface area contributed by atoms with Crippen LogP contribution in [0.25, 0.3) is 28.4 Å². The van der Waals surface area contributed by atoms with Crippen molar-refractivity contribution < 1.29 is 13.3 Å². The van der Waals surface area contributed by atoms with E-state index in [9.17, 15) is 8.78 Å². The second-order valence-corrected chi connectivity index (χ2v) is 10.8. The molecule has 210 valence electrons. The zero-order chi connectivity index (χ0) is 29.1. The number of halogens is 4. The molecule has 0 aliphatic rings. The van der Waals surface area contributed by atoms with Crippen LogP contribution in [0.5, 0.6) is 0 Å². The largest absolute Gasteiger partial charge is 0.354 e. The van der Waals surface area contributed by atoms with Crippen molar-refractivity contribution in [2.45, 2.75) is 6.42 Å². The molecule has 0 spiro atoms. The predicted molar refractivity (Wildman–Crippen MR) is 160 cm³/mol. The Bertz CT molecular complexity index is 1940. The number of nitrogens with zero attached hydrogens (tertiary/aromatic N) is 6. The fourth-order valence-corrected chi connectivity index (χ4v) is 5.45. The maximum Gasteiger partial charge on any atom is 0.206 e. The maximum absolute atomic E-state index is 13.4. The second kappa shape index (κ2) is 12.2. The lowest BCUT2D eigenvalue weighted by molar-refractivity contribution is 0.432. The number of aromatic nitrogens is 4. The summed E-state index contributed by atoms with van der Waals surface area (Å²) in [5, 5.41) is 16.3. The molecule has 42 heavy (non-hydrogen) atoms. The van der Waals surface area contributed by atoms with Gasteiger partial charge < -0.3 is 4.52 Å². The lowest BCUT2D eigenvalue weighted by Crippen LogP contribution is -2.13. The summed E-state index contributed by atoms with van der Waals surface area (Å²) in [4.78, 5) is 5.40. The van der Waals surface area contributed by atoms with E-state index in [1.165, 1.54) is 35.6 Å². The van der Waals surface area contributed by atoms with Crippen molar-refractivity contribution >= 4 is 40.8 Å². The van der Waals surface area contributed by atoms with E-state index in [-0.39, 0.29) is 11.6 Å². The summed E-state index contributed by atoms with van der Waals surface area (Å²) in [5.41, 5.74) is 4.27. The second-order valence-electron chi connectivity index (χ2n) is 9.11. The molecule has 3 aromatic carbocycles. The lowest BCUT2D eigenvalue weighted by Gasteiger charge is -2.03. The molecule has 0 radical (unpaired) electrons.